The van der Waals surface area contributed by atoms with Crippen LogP contribution in [0.25, 0.3) is 5.82 Å². The lowest BCUT2D eigenvalue weighted by atomic mass is 10.1. The first-order valence-electron chi connectivity index (χ1n) is 9.20. The summed E-state index contributed by atoms with van der Waals surface area (Å²) in [5, 5.41) is 7.07. The number of hydrogen-bond acceptors (Lipinski definition) is 3. The molecule has 0 aliphatic rings. The topological polar surface area (TPSA) is 59.8 Å². The number of amides is 1. The monoisotopic (exact) mass is 420 g/mol. The van der Waals surface area contributed by atoms with Gasteiger partial charge in [0, 0.05) is 23.0 Å². The predicted molar refractivity (Wildman–Crippen MR) is 102 cm³/mol. The molecule has 0 saturated heterocycles. The molecular weight excluding hydrogens is 400 g/mol. The number of benzene rings is 1. The van der Waals surface area contributed by atoms with Gasteiger partial charge in [0.25, 0.3) is 0 Å². The largest absolute Gasteiger partial charge is 0.417 e. The zero-order valence-corrected chi connectivity index (χ0v) is 16.6. The lowest BCUT2D eigenvalue weighted by Gasteiger charge is -2.15. The number of halogens is 4. The minimum absolute atomic E-state index is 0.00288. The maximum atomic E-state index is 13.9. The fourth-order valence-electron chi connectivity index (χ4n) is 3.19. The van der Waals surface area contributed by atoms with Gasteiger partial charge in [0.2, 0.25) is 5.91 Å². The third kappa shape index (κ3) is 4.50. The van der Waals surface area contributed by atoms with Gasteiger partial charge in [-0.05, 0) is 39.0 Å². The average molecular weight is 420 g/mol. The lowest BCUT2D eigenvalue weighted by molar-refractivity contribution is -0.137. The van der Waals surface area contributed by atoms with Gasteiger partial charge in [-0.2, -0.15) is 18.3 Å². The number of nitrogens with one attached hydrogen (secondary N) is 1. The third-order valence-corrected chi connectivity index (χ3v) is 4.82. The van der Waals surface area contributed by atoms with E-state index in [9.17, 15) is 22.4 Å². The Kier molecular flexibility index (Phi) is 5.91. The van der Waals surface area contributed by atoms with E-state index in [1.807, 2.05) is 0 Å². The van der Waals surface area contributed by atoms with Crippen LogP contribution >= 0.6 is 0 Å². The number of alkyl halides is 3. The zero-order valence-electron chi connectivity index (χ0n) is 16.6. The minimum Gasteiger partial charge on any atom is -0.349 e. The normalized spacial score (nSPS) is 12.6. The molecule has 1 amide bonds. The second-order valence-electron chi connectivity index (χ2n) is 6.95. The zero-order chi connectivity index (χ0) is 22.1. The molecule has 2 heterocycles. The predicted octanol–water partition coefficient (Wildman–Crippen LogP) is 4.46. The van der Waals surface area contributed by atoms with Crippen LogP contribution in [0.3, 0.4) is 0 Å². The van der Waals surface area contributed by atoms with Crippen molar-refractivity contribution < 1.29 is 22.4 Å². The highest BCUT2D eigenvalue weighted by molar-refractivity contribution is 5.79. The summed E-state index contributed by atoms with van der Waals surface area (Å²) < 4.78 is 53.5. The van der Waals surface area contributed by atoms with Crippen molar-refractivity contribution in [2.24, 2.45) is 0 Å². The van der Waals surface area contributed by atoms with Crippen LogP contribution in [0.1, 0.15) is 41.0 Å². The van der Waals surface area contributed by atoms with Gasteiger partial charge >= 0.3 is 6.18 Å². The SMILES string of the molecule is Cc1nn(-c2ccc(C(F)(F)F)cn2)c(C)c1CC(=O)NC(C)c1ccccc1F. The summed E-state index contributed by atoms with van der Waals surface area (Å²) in [5.41, 5.74) is 1.31. The van der Waals surface area contributed by atoms with Crippen LogP contribution in [0.15, 0.2) is 42.6 Å². The molecule has 0 aliphatic carbocycles. The van der Waals surface area contributed by atoms with E-state index in [2.05, 4.69) is 15.4 Å². The van der Waals surface area contributed by atoms with Gasteiger partial charge in [0.05, 0.1) is 23.7 Å². The molecule has 1 atom stereocenters. The Morgan fingerprint density at radius 1 is 1.17 bits per heavy atom. The average Bonchev–Trinajstić information content (AvgIpc) is 2.96. The molecule has 158 valence electrons. The van der Waals surface area contributed by atoms with Crippen LogP contribution in [0.4, 0.5) is 17.6 Å². The number of rotatable bonds is 5. The van der Waals surface area contributed by atoms with E-state index in [1.165, 1.54) is 16.8 Å². The lowest BCUT2D eigenvalue weighted by Crippen LogP contribution is -2.29. The summed E-state index contributed by atoms with van der Waals surface area (Å²) in [7, 11) is 0. The number of aromatic nitrogens is 3. The van der Waals surface area contributed by atoms with Gasteiger partial charge in [0.1, 0.15) is 5.82 Å². The number of carbonyl (C=O) groups excluding carboxylic acids is 1. The number of hydrogen-bond donors (Lipinski definition) is 1. The molecule has 0 spiro atoms. The molecule has 30 heavy (non-hydrogen) atoms. The van der Waals surface area contributed by atoms with Gasteiger partial charge in [-0.25, -0.2) is 14.1 Å². The first-order valence-corrected chi connectivity index (χ1v) is 9.20. The van der Waals surface area contributed by atoms with Crippen molar-refractivity contribution >= 4 is 5.91 Å². The summed E-state index contributed by atoms with van der Waals surface area (Å²) in [6.07, 6.45) is -3.73. The molecule has 0 fully saturated rings. The number of pyridine rings is 1. The van der Waals surface area contributed by atoms with Crippen LogP contribution in [-0.4, -0.2) is 20.7 Å². The Bertz CT molecular complexity index is 1060. The molecule has 1 unspecified atom stereocenters. The molecule has 1 aromatic carbocycles. The van der Waals surface area contributed by atoms with Gasteiger partial charge in [-0.1, -0.05) is 18.2 Å². The molecular formula is C21H20F4N4O. The fourth-order valence-corrected chi connectivity index (χ4v) is 3.19. The first-order chi connectivity index (χ1) is 14.1. The minimum atomic E-state index is -4.47. The number of aryl methyl sites for hydroxylation is 1. The van der Waals surface area contributed by atoms with Crippen LogP contribution in [0.2, 0.25) is 0 Å². The van der Waals surface area contributed by atoms with Crippen molar-refractivity contribution in [2.45, 2.75) is 39.4 Å². The Balaban J connectivity index is 1.77. The molecule has 2 aromatic heterocycles. The summed E-state index contributed by atoms with van der Waals surface area (Å²) in [6.45, 7) is 5.10. The maximum absolute atomic E-state index is 13.9. The van der Waals surface area contributed by atoms with Crippen molar-refractivity contribution in [3.63, 3.8) is 0 Å². The Hall–Kier alpha value is -3.23. The van der Waals surface area contributed by atoms with E-state index >= 15 is 0 Å². The summed E-state index contributed by atoms with van der Waals surface area (Å²) in [6, 6.07) is 7.83. The second kappa shape index (κ2) is 8.25. The van der Waals surface area contributed by atoms with Crippen LogP contribution in [0, 0.1) is 19.7 Å². The van der Waals surface area contributed by atoms with Crippen molar-refractivity contribution in [1.29, 1.82) is 0 Å². The molecule has 0 radical (unpaired) electrons. The van der Waals surface area contributed by atoms with E-state index in [1.54, 1.807) is 39.0 Å². The molecule has 0 saturated carbocycles. The summed E-state index contributed by atoms with van der Waals surface area (Å²) in [5.74, 6) is -0.509. The highest BCUT2D eigenvalue weighted by atomic mass is 19.4. The van der Waals surface area contributed by atoms with Crippen molar-refractivity contribution in [1.82, 2.24) is 20.1 Å². The van der Waals surface area contributed by atoms with Crippen molar-refractivity contribution in [2.75, 3.05) is 0 Å². The molecule has 5 nitrogen and oxygen atoms in total. The molecule has 0 bridgehead atoms. The van der Waals surface area contributed by atoms with Crippen LogP contribution in [-0.2, 0) is 17.4 Å². The van der Waals surface area contributed by atoms with E-state index in [0.29, 0.717) is 22.5 Å². The number of carbonyl (C=O) groups is 1. The highest BCUT2D eigenvalue weighted by Crippen LogP contribution is 2.29. The van der Waals surface area contributed by atoms with Gasteiger partial charge in [-0.15, -0.1) is 0 Å². The maximum Gasteiger partial charge on any atom is 0.417 e. The summed E-state index contributed by atoms with van der Waals surface area (Å²) in [4.78, 5) is 16.3. The third-order valence-electron chi connectivity index (χ3n) is 4.82. The van der Waals surface area contributed by atoms with E-state index in [4.69, 9.17) is 0 Å². The second-order valence-corrected chi connectivity index (χ2v) is 6.95. The Labute approximate surface area is 170 Å². The number of nitrogens with zero attached hydrogens (tertiary/aromatic N) is 3. The van der Waals surface area contributed by atoms with E-state index < -0.39 is 23.6 Å². The van der Waals surface area contributed by atoms with Gasteiger partial charge in [0.15, 0.2) is 5.82 Å². The quantitative estimate of drug-likeness (QED) is 0.620. The summed E-state index contributed by atoms with van der Waals surface area (Å²) >= 11 is 0. The molecule has 3 rings (SSSR count). The molecule has 3 aromatic rings. The molecule has 0 aliphatic heterocycles. The standard InChI is InChI=1S/C21H20F4N4O/c1-12(16-6-4-5-7-18(16)22)27-20(30)10-17-13(2)28-29(14(17)3)19-9-8-15(11-26-19)21(23,24)25/h4-9,11-12H,10H2,1-3H3,(H,27,30). The van der Waals surface area contributed by atoms with Gasteiger partial charge < -0.3 is 5.32 Å². The van der Waals surface area contributed by atoms with Crippen LogP contribution in [0.5, 0.6) is 0 Å². The Morgan fingerprint density at radius 3 is 2.47 bits per heavy atom. The van der Waals surface area contributed by atoms with E-state index in [0.717, 1.165) is 12.3 Å². The van der Waals surface area contributed by atoms with E-state index in [-0.39, 0.29) is 18.1 Å². The Morgan fingerprint density at radius 2 is 1.87 bits per heavy atom. The molecule has 1 N–H and O–H groups in total. The smallest absolute Gasteiger partial charge is 0.349 e. The van der Waals surface area contributed by atoms with Gasteiger partial charge in [-0.3, -0.25) is 4.79 Å². The van der Waals surface area contributed by atoms with Crippen LogP contribution < -0.4 is 5.32 Å². The fraction of sp³-hybridized carbons (Fsp3) is 0.286. The van der Waals surface area contributed by atoms with Crippen molar-refractivity contribution in [3.8, 4) is 5.82 Å². The molecule has 9 heteroatoms. The van der Waals surface area contributed by atoms with Crippen molar-refractivity contribution in [3.05, 3.63) is 76.5 Å². The first kappa shape index (κ1) is 21.5. The highest BCUT2D eigenvalue weighted by Gasteiger charge is 2.31.